The molecule has 5 rings (SSSR count). The molecule has 116 valence electrons. The summed E-state index contributed by atoms with van der Waals surface area (Å²) in [6.45, 7) is 4.59. The molecule has 0 aliphatic carbocycles. The number of anilines is 1. The summed E-state index contributed by atoms with van der Waals surface area (Å²) in [6.07, 6.45) is 5.94. The Balaban J connectivity index is 1.51. The molecule has 5 heteroatoms. The lowest BCUT2D eigenvalue weighted by Crippen LogP contribution is -2.38. The number of piperidine rings is 1. The van der Waals surface area contributed by atoms with Gasteiger partial charge >= 0.3 is 0 Å². The fraction of sp³-hybridized carbons (Fsp3) is 0.389. The Labute approximate surface area is 136 Å². The van der Waals surface area contributed by atoms with Crippen molar-refractivity contribution in [3.05, 3.63) is 47.9 Å². The first-order valence-electron chi connectivity index (χ1n) is 8.13. The summed E-state index contributed by atoms with van der Waals surface area (Å²) in [5.41, 5.74) is 1.58. The smallest absolute Gasteiger partial charge is 0.151 e. The minimum Gasteiger partial charge on any atom is -0.351 e. The molecule has 0 atom stereocenters. The topological polar surface area (TPSA) is 45.2 Å². The molecule has 2 aromatic rings. The van der Waals surface area contributed by atoms with E-state index in [1.54, 1.807) is 12.4 Å². The van der Waals surface area contributed by atoms with E-state index >= 15 is 0 Å². The monoisotopic (exact) mass is 305 g/mol. The molecule has 3 saturated heterocycles. The first-order chi connectivity index (χ1) is 11.4. The molecule has 3 fully saturated rings. The van der Waals surface area contributed by atoms with Gasteiger partial charge in [-0.15, -0.1) is 10.2 Å². The minimum absolute atomic E-state index is 0.607. The van der Waals surface area contributed by atoms with Gasteiger partial charge in [0.05, 0.1) is 0 Å². The summed E-state index contributed by atoms with van der Waals surface area (Å²) < 4.78 is 0. The third-order valence-electron chi connectivity index (χ3n) is 4.60. The molecule has 0 unspecified atom stereocenters. The first kappa shape index (κ1) is 14.2. The van der Waals surface area contributed by atoms with Crippen molar-refractivity contribution in [2.24, 2.45) is 0 Å². The van der Waals surface area contributed by atoms with Crippen molar-refractivity contribution in [2.75, 3.05) is 31.1 Å². The molecule has 0 saturated carbocycles. The van der Waals surface area contributed by atoms with Gasteiger partial charge in [0.1, 0.15) is 5.69 Å². The fourth-order valence-corrected chi connectivity index (χ4v) is 3.31. The Morgan fingerprint density at radius 1 is 0.957 bits per heavy atom. The van der Waals surface area contributed by atoms with Gasteiger partial charge in [0.15, 0.2) is 5.82 Å². The molecule has 2 bridgehead atoms. The van der Waals surface area contributed by atoms with Crippen LogP contribution in [-0.4, -0.2) is 52.3 Å². The predicted molar refractivity (Wildman–Crippen MR) is 89.1 cm³/mol. The zero-order chi connectivity index (χ0) is 15.5. The van der Waals surface area contributed by atoms with E-state index in [4.69, 9.17) is 0 Å². The lowest BCUT2D eigenvalue weighted by atomic mass is 10.1. The molecular weight excluding hydrogens is 286 g/mol. The third kappa shape index (κ3) is 3.17. The van der Waals surface area contributed by atoms with E-state index in [-0.39, 0.29) is 0 Å². The molecule has 3 aliphatic rings. The van der Waals surface area contributed by atoms with Crippen molar-refractivity contribution in [3.63, 3.8) is 0 Å². The normalized spacial score (nSPS) is 23.0. The highest BCUT2D eigenvalue weighted by Crippen LogP contribution is 2.24. The van der Waals surface area contributed by atoms with Crippen LogP contribution in [-0.2, 0) is 0 Å². The van der Waals surface area contributed by atoms with Crippen molar-refractivity contribution < 1.29 is 0 Å². The molecule has 0 radical (unpaired) electrons. The lowest BCUT2D eigenvalue weighted by molar-refractivity contribution is 0.250. The maximum absolute atomic E-state index is 4.41. The van der Waals surface area contributed by atoms with E-state index in [1.165, 1.54) is 25.9 Å². The van der Waals surface area contributed by atoms with Gasteiger partial charge in [-0.2, -0.15) is 0 Å². The Morgan fingerprint density at radius 3 is 2.61 bits per heavy atom. The zero-order valence-electron chi connectivity index (χ0n) is 13.0. The standard InChI is InChI=1S/C18H19N5/c1-2-15(14-19-9-1)3-4-16-5-6-18(21-20-16)23-13-12-22-10-7-17(23)8-11-22/h1-2,5-6,9,14,17H,7-8,10-13H2. The molecule has 0 spiro atoms. The van der Waals surface area contributed by atoms with Crippen LogP contribution < -0.4 is 4.90 Å². The van der Waals surface area contributed by atoms with Gasteiger partial charge in [-0.05, 0) is 43.0 Å². The van der Waals surface area contributed by atoms with Crippen molar-refractivity contribution in [2.45, 2.75) is 18.9 Å². The molecule has 5 nitrogen and oxygen atoms in total. The summed E-state index contributed by atoms with van der Waals surface area (Å²) in [5.74, 6) is 7.09. The van der Waals surface area contributed by atoms with Crippen molar-refractivity contribution in [3.8, 4) is 11.8 Å². The maximum atomic E-state index is 4.41. The van der Waals surface area contributed by atoms with Crippen LogP contribution >= 0.6 is 0 Å². The third-order valence-corrected chi connectivity index (χ3v) is 4.60. The number of nitrogens with zero attached hydrogens (tertiary/aromatic N) is 5. The molecule has 3 aliphatic heterocycles. The average Bonchev–Trinajstić information content (AvgIpc) is 2.95. The number of pyridine rings is 1. The van der Waals surface area contributed by atoms with Crippen molar-refractivity contribution >= 4 is 5.82 Å². The number of hydrogen-bond acceptors (Lipinski definition) is 5. The number of rotatable bonds is 1. The highest BCUT2D eigenvalue weighted by atomic mass is 15.3. The van der Waals surface area contributed by atoms with Crippen molar-refractivity contribution in [1.29, 1.82) is 0 Å². The second kappa shape index (κ2) is 6.35. The van der Waals surface area contributed by atoms with Crippen LogP contribution in [0.2, 0.25) is 0 Å². The number of hydrogen-bond donors (Lipinski definition) is 0. The molecule has 23 heavy (non-hydrogen) atoms. The van der Waals surface area contributed by atoms with Crippen LogP contribution in [0.3, 0.4) is 0 Å². The highest BCUT2D eigenvalue weighted by Gasteiger charge is 2.29. The Morgan fingerprint density at radius 2 is 1.87 bits per heavy atom. The van der Waals surface area contributed by atoms with Crippen LogP contribution in [0.5, 0.6) is 0 Å². The summed E-state index contributed by atoms with van der Waals surface area (Å²) in [5, 5.41) is 8.69. The van der Waals surface area contributed by atoms with E-state index in [0.29, 0.717) is 11.7 Å². The van der Waals surface area contributed by atoms with Gasteiger partial charge in [-0.3, -0.25) is 4.98 Å². The van der Waals surface area contributed by atoms with Gasteiger partial charge < -0.3 is 9.80 Å². The zero-order valence-corrected chi connectivity index (χ0v) is 13.0. The summed E-state index contributed by atoms with van der Waals surface area (Å²) in [7, 11) is 0. The number of fused-ring (bicyclic) bond motifs is 4. The Bertz CT molecular complexity index is 709. The SMILES string of the molecule is C(#Cc1ccc(N2CCN3CCC2CC3)nn1)c1cccnc1. The number of aromatic nitrogens is 3. The summed E-state index contributed by atoms with van der Waals surface area (Å²) >= 11 is 0. The van der Waals surface area contributed by atoms with Gasteiger partial charge in [-0.25, -0.2) is 0 Å². The molecule has 2 aromatic heterocycles. The van der Waals surface area contributed by atoms with Crippen molar-refractivity contribution in [1.82, 2.24) is 20.1 Å². The fourth-order valence-electron chi connectivity index (χ4n) is 3.31. The predicted octanol–water partition coefficient (Wildman–Crippen LogP) is 1.56. The maximum Gasteiger partial charge on any atom is 0.151 e. The second-order valence-electron chi connectivity index (χ2n) is 6.03. The van der Waals surface area contributed by atoms with Crippen LogP contribution in [0, 0.1) is 11.8 Å². The van der Waals surface area contributed by atoms with Gasteiger partial charge in [0.25, 0.3) is 0 Å². The van der Waals surface area contributed by atoms with Gasteiger partial charge in [-0.1, -0.05) is 5.92 Å². The molecule has 5 heterocycles. The van der Waals surface area contributed by atoms with E-state index in [2.05, 4.69) is 36.8 Å². The van der Waals surface area contributed by atoms with Crippen LogP contribution in [0.1, 0.15) is 24.1 Å². The van der Waals surface area contributed by atoms with Crippen LogP contribution in [0.15, 0.2) is 36.7 Å². The Kier molecular flexibility index (Phi) is 3.91. The molecule has 0 aromatic carbocycles. The van der Waals surface area contributed by atoms with Gasteiger partial charge in [0.2, 0.25) is 0 Å². The first-order valence-corrected chi connectivity index (χ1v) is 8.13. The lowest BCUT2D eigenvalue weighted by Gasteiger charge is -2.31. The van der Waals surface area contributed by atoms with E-state index in [1.807, 2.05) is 24.3 Å². The van der Waals surface area contributed by atoms with E-state index in [9.17, 15) is 0 Å². The van der Waals surface area contributed by atoms with E-state index < -0.39 is 0 Å². The molecular formula is C18H19N5. The minimum atomic E-state index is 0.607. The highest BCUT2D eigenvalue weighted by molar-refractivity contribution is 5.43. The van der Waals surface area contributed by atoms with E-state index in [0.717, 1.165) is 24.5 Å². The summed E-state index contributed by atoms with van der Waals surface area (Å²) in [6, 6.07) is 8.43. The van der Waals surface area contributed by atoms with Gasteiger partial charge in [0, 0.05) is 50.2 Å². The second-order valence-corrected chi connectivity index (χ2v) is 6.03. The quantitative estimate of drug-likeness (QED) is 0.748. The molecule has 0 N–H and O–H groups in total. The van der Waals surface area contributed by atoms with Crippen LogP contribution in [0.4, 0.5) is 5.82 Å². The Hall–Kier alpha value is -2.45. The van der Waals surface area contributed by atoms with Crippen LogP contribution in [0.25, 0.3) is 0 Å². The molecule has 0 amide bonds. The average molecular weight is 305 g/mol. The largest absolute Gasteiger partial charge is 0.351 e. The summed E-state index contributed by atoms with van der Waals surface area (Å²) in [4.78, 5) is 9.01.